The molecule has 114 valence electrons. The summed E-state index contributed by atoms with van der Waals surface area (Å²) in [5.74, 6) is -1.11. The van der Waals surface area contributed by atoms with Gasteiger partial charge in [0.2, 0.25) is 0 Å². The maximum atomic E-state index is 12.1. The molecule has 1 aromatic heterocycles. The highest BCUT2D eigenvalue weighted by Gasteiger charge is 2.38. The number of carboxylic acids is 1. The second-order valence-electron chi connectivity index (χ2n) is 5.85. The molecule has 2 N–H and O–H groups in total. The normalized spacial score (nSPS) is 17.8. The molecule has 0 atom stereocenters. The van der Waals surface area contributed by atoms with E-state index in [0.717, 1.165) is 31.4 Å². The highest BCUT2D eigenvalue weighted by Crippen LogP contribution is 2.34. The van der Waals surface area contributed by atoms with Crippen molar-refractivity contribution in [3.05, 3.63) is 29.6 Å². The van der Waals surface area contributed by atoms with E-state index in [1.54, 1.807) is 12.1 Å². The van der Waals surface area contributed by atoms with Crippen LogP contribution in [-0.2, 0) is 4.79 Å². The second kappa shape index (κ2) is 6.70. The minimum Gasteiger partial charge on any atom is -0.481 e. The fourth-order valence-electron chi connectivity index (χ4n) is 2.88. The lowest BCUT2D eigenvalue weighted by Gasteiger charge is -2.28. The Kier molecular flexibility index (Phi) is 4.94. The van der Waals surface area contributed by atoms with Gasteiger partial charge in [-0.15, -0.1) is 0 Å². The van der Waals surface area contributed by atoms with Crippen LogP contribution in [0.1, 0.15) is 54.7 Å². The van der Waals surface area contributed by atoms with Crippen molar-refractivity contribution < 1.29 is 14.7 Å². The van der Waals surface area contributed by atoms with Crippen LogP contribution in [0.2, 0.25) is 0 Å². The summed E-state index contributed by atoms with van der Waals surface area (Å²) < 4.78 is 0. The number of aromatic nitrogens is 1. The first kappa shape index (κ1) is 15.5. The number of hydrogen-bond acceptors (Lipinski definition) is 3. The molecule has 0 radical (unpaired) electrons. The van der Waals surface area contributed by atoms with Gasteiger partial charge in [-0.3, -0.25) is 9.59 Å². The van der Waals surface area contributed by atoms with Crippen LogP contribution in [0.4, 0.5) is 0 Å². The molecular weight excluding hydrogens is 268 g/mol. The molecule has 1 aliphatic rings. The first-order valence-electron chi connectivity index (χ1n) is 7.49. The summed E-state index contributed by atoms with van der Waals surface area (Å²) in [7, 11) is 0. The predicted octanol–water partition coefficient (Wildman–Crippen LogP) is 2.55. The quantitative estimate of drug-likeness (QED) is 0.835. The van der Waals surface area contributed by atoms with Gasteiger partial charge in [0.15, 0.2) is 0 Å². The lowest BCUT2D eigenvalue weighted by atomic mass is 9.80. The van der Waals surface area contributed by atoms with Crippen molar-refractivity contribution in [1.82, 2.24) is 10.3 Å². The summed E-state index contributed by atoms with van der Waals surface area (Å²) in [5, 5.41) is 12.3. The number of pyridine rings is 1. The number of carboxylic acid groups (broad SMARTS) is 1. The van der Waals surface area contributed by atoms with Crippen molar-refractivity contribution in [2.45, 2.75) is 45.4 Å². The maximum absolute atomic E-state index is 12.1. The number of carbonyl (C=O) groups excluding carboxylic acids is 1. The smallest absolute Gasteiger partial charge is 0.311 e. The topological polar surface area (TPSA) is 79.3 Å². The molecule has 0 bridgehead atoms. The molecule has 0 aromatic carbocycles. The van der Waals surface area contributed by atoms with Crippen molar-refractivity contribution in [1.29, 1.82) is 0 Å². The van der Waals surface area contributed by atoms with E-state index in [4.69, 9.17) is 0 Å². The lowest BCUT2D eigenvalue weighted by Crippen LogP contribution is -2.43. The number of aryl methyl sites for hydroxylation is 1. The molecule has 21 heavy (non-hydrogen) atoms. The summed E-state index contributed by atoms with van der Waals surface area (Å²) >= 11 is 0. The molecule has 0 unspecified atom stereocenters. The van der Waals surface area contributed by atoms with E-state index >= 15 is 0 Å². The Morgan fingerprint density at radius 1 is 1.24 bits per heavy atom. The Hall–Kier alpha value is -1.91. The SMILES string of the molecule is Cc1cccc(C(=O)NCC2(C(=O)O)CCCCCC2)n1. The molecule has 0 saturated heterocycles. The third-order valence-electron chi connectivity index (χ3n) is 4.22. The van der Waals surface area contributed by atoms with Crippen molar-refractivity contribution in [2.24, 2.45) is 5.41 Å². The average molecular weight is 290 g/mol. The van der Waals surface area contributed by atoms with Gasteiger partial charge in [-0.2, -0.15) is 0 Å². The zero-order chi connectivity index (χ0) is 15.3. The van der Waals surface area contributed by atoms with Crippen LogP contribution >= 0.6 is 0 Å². The Morgan fingerprint density at radius 3 is 2.48 bits per heavy atom. The van der Waals surface area contributed by atoms with E-state index in [2.05, 4.69) is 10.3 Å². The van der Waals surface area contributed by atoms with Crippen molar-refractivity contribution >= 4 is 11.9 Å². The molecule has 1 aromatic rings. The summed E-state index contributed by atoms with van der Waals surface area (Å²) in [5.41, 5.74) is 0.282. The van der Waals surface area contributed by atoms with Crippen LogP contribution in [0, 0.1) is 12.3 Å². The number of aliphatic carboxylic acids is 1. The highest BCUT2D eigenvalue weighted by molar-refractivity contribution is 5.92. The van der Waals surface area contributed by atoms with Gasteiger partial charge in [0.25, 0.3) is 5.91 Å². The zero-order valence-corrected chi connectivity index (χ0v) is 12.4. The van der Waals surface area contributed by atoms with E-state index < -0.39 is 11.4 Å². The molecule has 1 amide bonds. The number of nitrogens with one attached hydrogen (secondary N) is 1. The molecule has 0 spiro atoms. The minimum absolute atomic E-state index is 0.177. The van der Waals surface area contributed by atoms with Gasteiger partial charge in [-0.1, -0.05) is 31.7 Å². The maximum Gasteiger partial charge on any atom is 0.311 e. The molecule has 5 heteroatoms. The molecule has 2 rings (SSSR count). The predicted molar refractivity (Wildman–Crippen MR) is 79.1 cm³/mol. The van der Waals surface area contributed by atoms with Crippen LogP contribution in [0.5, 0.6) is 0 Å². The molecule has 1 aliphatic carbocycles. The van der Waals surface area contributed by atoms with Crippen LogP contribution in [0.25, 0.3) is 0 Å². The van der Waals surface area contributed by atoms with E-state index in [1.807, 2.05) is 13.0 Å². The van der Waals surface area contributed by atoms with E-state index in [-0.39, 0.29) is 12.5 Å². The largest absolute Gasteiger partial charge is 0.481 e. The molecule has 5 nitrogen and oxygen atoms in total. The number of amides is 1. The Morgan fingerprint density at radius 2 is 1.90 bits per heavy atom. The molecule has 1 saturated carbocycles. The Labute approximate surface area is 124 Å². The van der Waals surface area contributed by atoms with E-state index in [9.17, 15) is 14.7 Å². The monoisotopic (exact) mass is 290 g/mol. The number of nitrogens with zero attached hydrogens (tertiary/aromatic N) is 1. The van der Waals surface area contributed by atoms with Crippen LogP contribution in [0.15, 0.2) is 18.2 Å². The number of hydrogen-bond donors (Lipinski definition) is 2. The van der Waals surface area contributed by atoms with Gasteiger partial charge in [0.05, 0.1) is 5.41 Å². The Balaban J connectivity index is 2.04. The van der Waals surface area contributed by atoms with Gasteiger partial charge in [-0.25, -0.2) is 4.98 Å². The third kappa shape index (κ3) is 3.80. The van der Waals surface area contributed by atoms with Crippen molar-refractivity contribution in [3.8, 4) is 0 Å². The Bertz CT molecular complexity index is 520. The molecule has 0 aliphatic heterocycles. The standard InChI is InChI=1S/C16H22N2O3/c1-12-7-6-8-13(18-12)14(19)17-11-16(15(20)21)9-4-2-3-5-10-16/h6-8H,2-5,9-11H2,1H3,(H,17,19)(H,20,21). The summed E-state index contributed by atoms with van der Waals surface area (Å²) in [6.45, 7) is 2.00. The highest BCUT2D eigenvalue weighted by atomic mass is 16.4. The number of carbonyl (C=O) groups is 2. The van der Waals surface area contributed by atoms with E-state index in [1.165, 1.54) is 0 Å². The molecule has 1 fully saturated rings. The third-order valence-corrected chi connectivity index (χ3v) is 4.22. The van der Waals surface area contributed by atoms with Crippen molar-refractivity contribution in [2.75, 3.05) is 6.54 Å². The second-order valence-corrected chi connectivity index (χ2v) is 5.85. The zero-order valence-electron chi connectivity index (χ0n) is 12.4. The molecular formula is C16H22N2O3. The van der Waals surface area contributed by atoms with Gasteiger partial charge in [0.1, 0.15) is 5.69 Å². The van der Waals surface area contributed by atoms with Gasteiger partial charge in [0, 0.05) is 12.2 Å². The average Bonchev–Trinajstić information content (AvgIpc) is 2.71. The van der Waals surface area contributed by atoms with Gasteiger partial charge in [-0.05, 0) is 31.9 Å². The first-order chi connectivity index (χ1) is 10.0. The van der Waals surface area contributed by atoms with Crippen LogP contribution in [-0.4, -0.2) is 28.5 Å². The first-order valence-corrected chi connectivity index (χ1v) is 7.49. The summed E-state index contributed by atoms with van der Waals surface area (Å²) in [6, 6.07) is 5.24. The fourth-order valence-corrected chi connectivity index (χ4v) is 2.88. The van der Waals surface area contributed by atoms with Gasteiger partial charge < -0.3 is 10.4 Å². The summed E-state index contributed by atoms with van der Waals surface area (Å²) in [4.78, 5) is 28.0. The van der Waals surface area contributed by atoms with Crippen LogP contribution < -0.4 is 5.32 Å². The van der Waals surface area contributed by atoms with Crippen molar-refractivity contribution in [3.63, 3.8) is 0 Å². The molecule has 1 heterocycles. The fraction of sp³-hybridized carbons (Fsp3) is 0.562. The summed E-state index contributed by atoms with van der Waals surface area (Å²) in [6.07, 6.45) is 5.22. The van der Waals surface area contributed by atoms with Gasteiger partial charge >= 0.3 is 5.97 Å². The minimum atomic E-state index is -0.823. The lowest BCUT2D eigenvalue weighted by molar-refractivity contribution is -0.149. The van der Waals surface area contributed by atoms with E-state index in [0.29, 0.717) is 18.5 Å². The number of rotatable bonds is 4. The van der Waals surface area contributed by atoms with Crippen LogP contribution in [0.3, 0.4) is 0 Å².